The Hall–Kier alpha value is -2.12. The Kier molecular flexibility index (Phi) is 6.53. The van der Waals surface area contributed by atoms with Gasteiger partial charge in [-0.1, -0.05) is 0 Å². The number of carbonyl (C=O) groups is 2. The zero-order valence-corrected chi connectivity index (χ0v) is 13.4. The molecule has 1 aromatic rings. The number of aliphatic hydroxyl groups excluding tert-OH is 2. The van der Waals surface area contributed by atoms with Gasteiger partial charge in [-0.25, -0.2) is 4.79 Å². The molecule has 0 heterocycles. The Bertz CT molecular complexity index is 552. The van der Waals surface area contributed by atoms with E-state index in [1.54, 1.807) is 20.8 Å². The predicted molar refractivity (Wildman–Crippen MR) is 83.3 cm³/mol. The summed E-state index contributed by atoms with van der Waals surface area (Å²) in [6.45, 7) is 5.28. The number of aldehydes is 1. The summed E-state index contributed by atoms with van der Waals surface area (Å²) in [7, 11) is 0. The first kappa shape index (κ1) is 18.9. The number of aromatic hydroxyl groups is 1. The topological polar surface area (TPSA) is 116 Å². The second kappa shape index (κ2) is 7.94. The molecule has 2 atom stereocenters. The third-order valence-electron chi connectivity index (χ3n) is 2.98. The molecule has 2 unspecified atom stereocenters. The van der Waals surface area contributed by atoms with E-state index in [2.05, 4.69) is 5.32 Å². The van der Waals surface area contributed by atoms with Gasteiger partial charge < -0.3 is 25.4 Å². The molecule has 0 radical (unpaired) electrons. The van der Waals surface area contributed by atoms with Gasteiger partial charge in [0.2, 0.25) is 0 Å². The van der Waals surface area contributed by atoms with Crippen LogP contribution in [-0.4, -0.2) is 45.9 Å². The zero-order valence-electron chi connectivity index (χ0n) is 13.4. The highest BCUT2D eigenvalue weighted by Crippen LogP contribution is 2.28. The van der Waals surface area contributed by atoms with Crippen molar-refractivity contribution in [3.63, 3.8) is 0 Å². The molecule has 0 aromatic heterocycles. The van der Waals surface area contributed by atoms with Gasteiger partial charge in [0, 0.05) is 17.7 Å². The standard InChI is InChI=1S/C16H23NO6/c1-16(2,3)23-15(22)17-7-6-13(20)14(21)11-8-10(9-18)4-5-12(11)19/h4-5,8-9,13-14,19-21H,6-7H2,1-3H3,(H,17,22). The summed E-state index contributed by atoms with van der Waals surface area (Å²) >= 11 is 0. The number of phenolic OH excluding ortho intramolecular Hbond substituents is 1. The highest BCUT2D eigenvalue weighted by atomic mass is 16.6. The Labute approximate surface area is 134 Å². The highest BCUT2D eigenvalue weighted by Gasteiger charge is 2.22. The fourth-order valence-corrected chi connectivity index (χ4v) is 1.88. The fraction of sp³-hybridized carbons (Fsp3) is 0.500. The smallest absolute Gasteiger partial charge is 0.407 e. The molecule has 23 heavy (non-hydrogen) atoms. The lowest BCUT2D eigenvalue weighted by Crippen LogP contribution is -2.34. The number of benzene rings is 1. The monoisotopic (exact) mass is 325 g/mol. The van der Waals surface area contributed by atoms with Crippen molar-refractivity contribution in [2.45, 2.75) is 45.0 Å². The Morgan fingerprint density at radius 2 is 2.00 bits per heavy atom. The molecule has 0 aliphatic rings. The fourth-order valence-electron chi connectivity index (χ4n) is 1.88. The van der Waals surface area contributed by atoms with Crippen molar-refractivity contribution in [2.24, 2.45) is 0 Å². The molecule has 1 aromatic carbocycles. The molecule has 0 aliphatic heterocycles. The van der Waals surface area contributed by atoms with E-state index in [-0.39, 0.29) is 29.8 Å². The van der Waals surface area contributed by atoms with E-state index >= 15 is 0 Å². The van der Waals surface area contributed by atoms with Gasteiger partial charge in [0.1, 0.15) is 23.7 Å². The maximum atomic E-state index is 11.5. The molecule has 0 aliphatic carbocycles. The van der Waals surface area contributed by atoms with Crippen molar-refractivity contribution in [1.29, 1.82) is 0 Å². The van der Waals surface area contributed by atoms with E-state index in [4.69, 9.17) is 4.74 Å². The van der Waals surface area contributed by atoms with Crippen LogP contribution in [0.2, 0.25) is 0 Å². The Morgan fingerprint density at radius 3 is 2.57 bits per heavy atom. The van der Waals surface area contributed by atoms with E-state index in [0.29, 0.717) is 6.29 Å². The van der Waals surface area contributed by atoms with Gasteiger partial charge in [-0.05, 0) is 45.4 Å². The maximum Gasteiger partial charge on any atom is 0.407 e. The predicted octanol–water partition coefficient (Wildman–Crippen LogP) is 1.51. The van der Waals surface area contributed by atoms with Crippen molar-refractivity contribution in [1.82, 2.24) is 5.32 Å². The quantitative estimate of drug-likeness (QED) is 0.589. The zero-order chi connectivity index (χ0) is 17.6. The van der Waals surface area contributed by atoms with Crippen LogP contribution in [0.5, 0.6) is 5.75 Å². The second-order valence-electron chi connectivity index (χ2n) is 6.17. The van der Waals surface area contributed by atoms with Crippen LogP contribution in [0.15, 0.2) is 18.2 Å². The van der Waals surface area contributed by atoms with Crippen molar-refractivity contribution >= 4 is 12.4 Å². The summed E-state index contributed by atoms with van der Waals surface area (Å²) in [5.41, 5.74) is -0.293. The number of amides is 1. The molecule has 0 spiro atoms. The highest BCUT2D eigenvalue weighted by molar-refractivity contribution is 5.75. The summed E-state index contributed by atoms with van der Waals surface area (Å²) < 4.78 is 5.04. The number of alkyl carbamates (subject to hydrolysis) is 1. The molecule has 0 bridgehead atoms. The Morgan fingerprint density at radius 1 is 1.35 bits per heavy atom. The van der Waals surface area contributed by atoms with Gasteiger partial charge >= 0.3 is 6.09 Å². The first-order chi connectivity index (χ1) is 10.6. The third kappa shape index (κ3) is 6.25. The maximum absolute atomic E-state index is 11.5. The minimum Gasteiger partial charge on any atom is -0.508 e. The second-order valence-corrected chi connectivity index (χ2v) is 6.17. The van der Waals surface area contributed by atoms with Gasteiger partial charge in [0.25, 0.3) is 0 Å². The number of ether oxygens (including phenoxy) is 1. The first-order valence-electron chi connectivity index (χ1n) is 7.25. The van der Waals surface area contributed by atoms with Crippen LogP contribution in [0.4, 0.5) is 4.79 Å². The summed E-state index contributed by atoms with van der Waals surface area (Å²) in [6, 6.07) is 3.97. The summed E-state index contributed by atoms with van der Waals surface area (Å²) in [5, 5.41) is 32.2. The number of carbonyl (C=O) groups excluding carboxylic acids is 2. The van der Waals surface area contributed by atoms with Crippen molar-refractivity contribution < 1.29 is 29.6 Å². The molecule has 0 saturated carbocycles. The van der Waals surface area contributed by atoms with Crippen LogP contribution in [-0.2, 0) is 4.74 Å². The number of hydrogen-bond acceptors (Lipinski definition) is 6. The van der Waals surface area contributed by atoms with Crippen molar-refractivity contribution in [3.8, 4) is 5.75 Å². The average Bonchev–Trinajstić information content (AvgIpc) is 2.45. The van der Waals surface area contributed by atoms with E-state index in [1.807, 2.05) is 0 Å². The molecular weight excluding hydrogens is 302 g/mol. The van der Waals surface area contributed by atoms with Gasteiger partial charge in [-0.3, -0.25) is 4.79 Å². The molecule has 4 N–H and O–H groups in total. The van der Waals surface area contributed by atoms with Crippen molar-refractivity contribution in [3.05, 3.63) is 29.3 Å². The SMILES string of the molecule is CC(C)(C)OC(=O)NCCC(O)C(O)c1cc(C=O)ccc1O. The molecular formula is C16H23NO6. The summed E-state index contributed by atoms with van der Waals surface area (Å²) in [4.78, 5) is 22.2. The first-order valence-corrected chi connectivity index (χ1v) is 7.25. The third-order valence-corrected chi connectivity index (χ3v) is 2.98. The lowest BCUT2D eigenvalue weighted by molar-refractivity contribution is 0.0110. The molecule has 0 fully saturated rings. The molecule has 1 amide bonds. The van der Waals surface area contributed by atoms with Crippen LogP contribution < -0.4 is 5.32 Å². The molecule has 1 rings (SSSR count). The van der Waals surface area contributed by atoms with Gasteiger partial charge in [0.05, 0.1) is 6.10 Å². The van der Waals surface area contributed by atoms with Gasteiger partial charge in [0.15, 0.2) is 0 Å². The summed E-state index contributed by atoms with van der Waals surface area (Å²) in [6.07, 6.45) is -2.60. The Balaban J connectivity index is 2.56. The molecule has 7 nitrogen and oxygen atoms in total. The minimum atomic E-state index is -1.38. The van der Waals surface area contributed by atoms with Crippen LogP contribution >= 0.6 is 0 Å². The summed E-state index contributed by atoms with van der Waals surface area (Å²) in [5.74, 6) is -0.220. The number of nitrogens with one attached hydrogen (secondary N) is 1. The van der Waals surface area contributed by atoms with Crippen LogP contribution in [0.25, 0.3) is 0 Å². The van der Waals surface area contributed by atoms with E-state index in [9.17, 15) is 24.9 Å². The number of phenols is 1. The van der Waals surface area contributed by atoms with Gasteiger partial charge in [-0.15, -0.1) is 0 Å². The number of rotatable bonds is 6. The van der Waals surface area contributed by atoms with Crippen LogP contribution in [0.3, 0.4) is 0 Å². The van der Waals surface area contributed by atoms with E-state index in [1.165, 1.54) is 18.2 Å². The minimum absolute atomic E-state index is 0.0468. The van der Waals surface area contributed by atoms with Gasteiger partial charge in [-0.2, -0.15) is 0 Å². The lowest BCUT2D eigenvalue weighted by Gasteiger charge is -2.21. The molecule has 7 heteroatoms. The lowest BCUT2D eigenvalue weighted by atomic mass is 9.99. The number of hydrogen-bond donors (Lipinski definition) is 4. The van der Waals surface area contributed by atoms with E-state index in [0.717, 1.165) is 0 Å². The molecule has 0 saturated heterocycles. The van der Waals surface area contributed by atoms with Crippen LogP contribution in [0.1, 0.15) is 49.2 Å². The largest absolute Gasteiger partial charge is 0.508 e. The average molecular weight is 325 g/mol. The number of aliphatic hydroxyl groups is 2. The molecule has 128 valence electrons. The normalized spacial score (nSPS) is 14.0. The van der Waals surface area contributed by atoms with Crippen molar-refractivity contribution in [2.75, 3.05) is 6.54 Å². The van der Waals surface area contributed by atoms with Crippen LogP contribution in [0, 0.1) is 0 Å². The van der Waals surface area contributed by atoms with E-state index < -0.39 is 23.9 Å².